The van der Waals surface area contributed by atoms with Crippen molar-refractivity contribution in [1.29, 1.82) is 0 Å². The van der Waals surface area contributed by atoms with E-state index in [-0.39, 0.29) is 18.1 Å². The molecule has 2 aromatic carbocycles. The zero-order valence-electron chi connectivity index (χ0n) is 16.5. The maximum absolute atomic E-state index is 13.5. The van der Waals surface area contributed by atoms with Gasteiger partial charge in [-0.3, -0.25) is 4.79 Å². The molecule has 2 atom stereocenters. The van der Waals surface area contributed by atoms with Crippen molar-refractivity contribution >= 4 is 17.0 Å². The van der Waals surface area contributed by atoms with Crippen LogP contribution >= 0.6 is 0 Å². The normalized spacial score (nSPS) is 19.2. The highest BCUT2D eigenvalue weighted by molar-refractivity contribution is 5.98. The van der Waals surface area contributed by atoms with Gasteiger partial charge in [-0.2, -0.15) is 15.0 Å². The van der Waals surface area contributed by atoms with Crippen molar-refractivity contribution in [3.8, 4) is 11.4 Å². The highest BCUT2D eigenvalue weighted by Gasteiger charge is 2.32. The maximum atomic E-state index is 13.5. The summed E-state index contributed by atoms with van der Waals surface area (Å²) >= 11 is 0. The summed E-state index contributed by atoms with van der Waals surface area (Å²) in [6, 6.07) is 13.1. The van der Waals surface area contributed by atoms with Crippen molar-refractivity contribution in [2.45, 2.75) is 31.9 Å². The Hall–Kier alpha value is -3.68. The number of hydrogen-bond donors (Lipinski definition) is 0. The lowest BCUT2D eigenvalue weighted by Crippen LogP contribution is -2.49. The Balaban J connectivity index is 1.39. The molecule has 8 nitrogen and oxygen atoms in total. The summed E-state index contributed by atoms with van der Waals surface area (Å²) in [6.07, 6.45) is 6.20. The van der Waals surface area contributed by atoms with E-state index in [0.717, 1.165) is 12.8 Å². The van der Waals surface area contributed by atoms with Gasteiger partial charge >= 0.3 is 0 Å². The minimum Gasteiger partial charge on any atom is -0.486 e. The number of benzene rings is 2. The number of carbonyl (C=O) groups excluding carboxylic acids is 1. The number of rotatable bonds is 4. The molecule has 0 bridgehead atoms. The average Bonchev–Trinajstić information content (AvgIpc) is 3.47. The predicted molar refractivity (Wildman–Crippen MR) is 110 cm³/mol. The number of oxazole rings is 1. The van der Waals surface area contributed by atoms with E-state index in [9.17, 15) is 4.79 Å². The molecule has 3 heterocycles. The van der Waals surface area contributed by atoms with E-state index in [1.165, 1.54) is 11.2 Å². The van der Waals surface area contributed by atoms with E-state index < -0.39 is 0 Å². The van der Waals surface area contributed by atoms with Crippen molar-refractivity contribution in [2.75, 3.05) is 6.54 Å². The largest absolute Gasteiger partial charge is 0.486 e. The fourth-order valence-electron chi connectivity index (χ4n) is 3.91. The zero-order valence-corrected chi connectivity index (χ0v) is 16.5. The number of aromatic nitrogens is 4. The number of hydrogen-bond acceptors (Lipinski definition) is 6. The molecule has 5 rings (SSSR count). The van der Waals surface area contributed by atoms with Gasteiger partial charge in [-0.25, -0.2) is 4.98 Å². The lowest BCUT2D eigenvalue weighted by atomic mass is 9.99. The Bertz CT molecular complexity index is 1170. The molecule has 1 aliphatic rings. The molecule has 0 radical (unpaired) electrons. The average molecular weight is 403 g/mol. The summed E-state index contributed by atoms with van der Waals surface area (Å²) in [5, 5.41) is 8.37. The number of piperidine rings is 1. The zero-order chi connectivity index (χ0) is 20.5. The van der Waals surface area contributed by atoms with Gasteiger partial charge in [0.25, 0.3) is 5.91 Å². The van der Waals surface area contributed by atoms with Crippen LogP contribution in [0.2, 0.25) is 0 Å². The second-order valence-electron chi connectivity index (χ2n) is 7.41. The minimum absolute atomic E-state index is 0.0525. The second-order valence-corrected chi connectivity index (χ2v) is 7.41. The Labute approximate surface area is 173 Å². The van der Waals surface area contributed by atoms with Crippen LogP contribution in [0.15, 0.2) is 65.7 Å². The van der Waals surface area contributed by atoms with Crippen molar-refractivity contribution in [1.82, 2.24) is 24.9 Å². The van der Waals surface area contributed by atoms with Crippen LogP contribution in [0.5, 0.6) is 5.75 Å². The van der Waals surface area contributed by atoms with E-state index in [1.54, 1.807) is 12.4 Å². The van der Waals surface area contributed by atoms with Crippen molar-refractivity contribution in [2.24, 2.45) is 0 Å². The Morgan fingerprint density at radius 2 is 1.93 bits per heavy atom. The smallest absolute Gasteiger partial charge is 0.256 e. The molecular weight excluding hydrogens is 382 g/mol. The number of para-hydroxylation sites is 2. The first kappa shape index (κ1) is 18.4. The summed E-state index contributed by atoms with van der Waals surface area (Å²) in [6.45, 7) is 2.57. The van der Waals surface area contributed by atoms with Crippen LogP contribution in [0.25, 0.3) is 16.8 Å². The van der Waals surface area contributed by atoms with Gasteiger partial charge < -0.3 is 14.1 Å². The number of amides is 1. The third-order valence-corrected chi connectivity index (χ3v) is 5.49. The first-order valence-corrected chi connectivity index (χ1v) is 9.96. The van der Waals surface area contributed by atoms with Crippen LogP contribution in [0.4, 0.5) is 0 Å². The van der Waals surface area contributed by atoms with Crippen LogP contribution < -0.4 is 4.74 Å². The lowest BCUT2D eigenvalue weighted by Gasteiger charge is -2.38. The topological polar surface area (TPSA) is 86.3 Å². The third-order valence-electron chi connectivity index (χ3n) is 5.49. The summed E-state index contributed by atoms with van der Waals surface area (Å²) in [4.78, 5) is 21.1. The van der Waals surface area contributed by atoms with Crippen LogP contribution in [0, 0.1) is 0 Å². The molecule has 1 fully saturated rings. The van der Waals surface area contributed by atoms with Crippen LogP contribution in [-0.4, -0.2) is 49.5 Å². The third kappa shape index (κ3) is 3.30. The van der Waals surface area contributed by atoms with Crippen molar-refractivity contribution in [3.63, 3.8) is 0 Å². The fourth-order valence-corrected chi connectivity index (χ4v) is 3.91. The SMILES string of the molecule is C[C@H]1CC[C@@H](Oc2cccc3ocnc23)CN1C(=O)c1ccccc1-n1nccn1. The molecule has 152 valence electrons. The molecule has 0 aliphatic carbocycles. The summed E-state index contributed by atoms with van der Waals surface area (Å²) in [5.74, 6) is 0.623. The highest BCUT2D eigenvalue weighted by Crippen LogP contribution is 2.29. The second kappa shape index (κ2) is 7.62. The maximum Gasteiger partial charge on any atom is 0.256 e. The van der Waals surface area contributed by atoms with Crippen LogP contribution in [0.1, 0.15) is 30.1 Å². The molecule has 1 amide bonds. The van der Waals surface area contributed by atoms with Gasteiger partial charge in [-0.15, -0.1) is 0 Å². The summed E-state index contributed by atoms with van der Waals surface area (Å²) in [7, 11) is 0. The summed E-state index contributed by atoms with van der Waals surface area (Å²) in [5.41, 5.74) is 2.62. The number of likely N-dealkylation sites (tertiary alicyclic amines) is 1. The summed E-state index contributed by atoms with van der Waals surface area (Å²) < 4.78 is 11.6. The molecule has 0 saturated carbocycles. The molecule has 1 aliphatic heterocycles. The molecule has 0 spiro atoms. The first-order valence-electron chi connectivity index (χ1n) is 9.96. The van der Waals surface area contributed by atoms with E-state index in [4.69, 9.17) is 9.15 Å². The van der Waals surface area contributed by atoms with Gasteiger partial charge in [-0.05, 0) is 44.0 Å². The molecule has 4 aromatic rings. The van der Waals surface area contributed by atoms with Gasteiger partial charge in [0, 0.05) is 6.04 Å². The Morgan fingerprint density at radius 1 is 1.10 bits per heavy atom. The van der Waals surface area contributed by atoms with Gasteiger partial charge in [0.2, 0.25) is 0 Å². The molecular formula is C22H21N5O3. The minimum atomic E-state index is -0.123. The molecule has 2 aromatic heterocycles. The molecule has 30 heavy (non-hydrogen) atoms. The molecule has 0 N–H and O–H groups in total. The van der Waals surface area contributed by atoms with E-state index in [0.29, 0.717) is 34.6 Å². The van der Waals surface area contributed by atoms with E-state index in [2.05, 4.69) is 22.1 Å². The van der Waals surface area contributed by atoms with Crippen molar-refractivity contribution in [3.05, 3.63) is 66.8 Å². The first-order chi connectivity index (χ1) is 14.7. The van der Waals surface area contributed by atoms with Crippen LogP contribution in [0.3, 0.4) is 0 Å². The lowest BCUT2D eigenvalue weighted by molar-refractivity contribution is 0.0387. The highest BCUT2D eigenvalue weighted by atomic mass is 16.5. The number of carbonyl (C=O) groups is 1. The Kier molecular flexibility index (Phi) is 4.66. The van der Waals surface area contributed by atoms with E-state index in [1.807, 2.05) is 47.4 Å². The van der Waals surface area contributed by atoms with Gasteiger partial charge in [0.1, 0.15) is 11.9 Å². The Morgan fingerprint density at radius 3 is 2.80 bits per heavy atom. The predicted octanol–water partition coefficient (Wildman–Crippen LogP) is 3.48. The monoisotopic (exact) mass is 403 g/mol. The van der Waals surface area contributed by atoms with Gasteiger partial charge in [0.15, 0.2) is 17.5 Å². The quantitative estimate of drug-likeness (QED) is 0.519. The number of ether oxygens (including phenoxy) is 1. The molecule has 8 heteroatoms. The van der Waals surface area contributed by atoms with Gasteiger partial charge in [-0.1, -0.05) is 18.2 Å². The number of nitrogens with zero attached hydrogens (tertiary/aromatic N) is 5. The van der Waals surface area contributed by atoms with Gasteiger partial charge in [0.05, 0.1) is 30.2 Å². The number of fused-ring (bicyclic) bond motifs is 1. The fraction of sp³-hybridized carbons (Fsp3) is 0.273. The van der Waals surface area contributed by atoms with Crippen LogP contribution in [-0.2, 0) is 0 Å². The molecule has 0 unspecified atom stereocenters. The van der Waals surface area contributed by atoms with Crippen molar-refractivity contribution < 1.29 is 13.9 Å². The molecule has 1 saturated heterocycles. The van der Waals surface area contributed by atoms with E-state index >= 15 is 0 Å². The standard InChI is InChI=1S/C22H21N5O3/c1-15-9-10-16(30-20-8-4-7-19-21(20)23-14-29-19)13-26(15)22(28)17-5-2-3-6-18(17)27-24-11-12-25-27/h2-8,11-12,14-16H,9-10,13H2,1H3/t15-,16+/m0/s1.